The number of aldehydes is 1. The number of carbonyl (C=O) groups is 1. The molecule has 0 amide bonds. The maximum Gasteiger partial charge on any atom is 0.261 e. The van der Waals surface area contributed by atoms with E-state index >= 15 is 0 Å². The normalized spacial score (nSPS) is 20.1. The molecule has 2 atom stereocenters. The summed E-state index contributed by atoms with van der Waals surface area (Å²) in [5.74, 6) is -0.589. The Morgan fingerprint density at radius 1 is 1.07 bits per heavy atom. The summed E-state index contributed by atoms with van der Waals surface area (Å²) in [6.45, 7) is 11.1. The van der Waals surface area contributed by atoms with Gasteiger partial charge in [0.25, 0.3) is 8.32 Å². The van der Waals surface area contributed by atoms with Crippen LogP contribution in [-0.4, -0.2) is 39.2 Å². The van der Waals surface area contributed by atoms with Crippen molar-refractivity contribution in [1.29, 1.82) is 0 Å². The number of rotatable bonds is 8. The summed E-state index contributed by atoms with van der Waals surface area (Å²) in [5, 5.41) is 2.29. The summed E-state index contributed by atoms with van der Waals surface area (Å²) in [4.78, 5) is 11.6. The smallest absolute Gasteiger partial charge is 0.261 e. The summed E-state index contributed by atoms with van der Waals surface area (Å²) in [6, 6.07) is 21.0. The first-order chi connectivity index (χ1) is 14.2. The van der Waals surface area contributed by atoms with Gasteiger partial charge in [-0.1, -0.05) is 81.4 Å². The van der Waals surface area contributed by atoms with E-state index in [1.54, 1.807) is 0 Å². The van der Waals surface area contributed by atoms with Gasteiger partial charge in [0, 0.05) is 12.8 Å². The lowest BCUT2D eigenvalue weighted by molar-refractivity contribution is -0.141. The minimum atomic E-state index is -2.71. The third kappa shape index (κ3) is 4.91. The van der Waals surface area contributed by atoms with Crippen LogP contribution in [0, 0.1) is 0 Å². The molecule has 2 aromatic rings. The molecule has 0 saturated carbocycles. The third-order valence-corrected chi connectivity index (χ3v) is 10.8. The molecule has 30 heavy (non-hydrogen) atoms. The second-order valence-corrected chi connectivity index (χ2v) is 13.7. The lowest BCUT2D eigenvalue weighted by Gasteiger charge is -2.45. The standard InChI is InChI=1S/C25H34O4Si/c1-24(2,3)30(22-12-8-6-9-13-22,23-14-10-7-11-15-23)29-20(16-17-26)18-21-19-27-25(4,5)28-21/h6-15,17,20-21H,16,18-19H2,1-5H3/t20-,21+/m0/s1. The highest BCUT2D eigenvalue weighted by molar-refractivity contribution is 6.99. The lowest BCUT2D eigenvalue weighted by Crippen LogP contribution is -2.67. The summed E-state index contributed by atoms with van der Waals surface area (Å²) in [7, 11) is -2.71. The van der Waals surface area contributed by atoms with Gasteiger partial charge in [-0.15, -0.1) is 0 Å². The Hall–Kier alpha value is -1.79. The largest absolute Gasteiger partial charge is 0.404 e. The zero-order valence-electron chi connectivity index (χ0n) is 18.8. The summed E-state index contributed by atoms with van der Waals surface area (Å²) in [6.07, 6.45) is 1.61. The number of hydrogen-bond donors (Lipinski definition) is 0. The quantitative estimate of drug-likeness (QED) is 0.472. The zero-order chi connectivity index (χ0) is 21.8. The Bertz CT molecular complexity index is 775. The molecule has 0 radical (unpaired) electrons. The van der Waals surface area contributed by atoms with Crippen molar-refractivity contribution in [3.8, 4) is 0 Å². The van der Waals surface area contributed by atoms with E-state index in [0.717, 1.165) is 6.29 Å². The molecule has 3 rings (SSSR count). The van der Waals surface area contributed by atoms with Crippen LogP contribution in [0.2, 0.25) is 5.04 Å². The molecular weight excluding hydrogens is 392 g/mol. The van der Waals surface area contributed by atoms with Gasteiger partial charge in [-0.05, 0) is 29.3 Å². The van der Waals surface area contributed by atoms with Crippen LogP contribution in [0.1, 0.15) is 47.5 Å². The molecule has 0 unspecified atom stereocenters. The molecular formula is C25H34O4Si. The molecule has 5 heteroatoms. The fourth-order valence-corrected chi connectivity index (χ4v) is 9.12. The van der Waals surface area contributed by atoms with Crippen LogP contribution >= 0.6 is 0 Å². The fraction of sp³-hybridized carbons (Fsp3) is 0.480. The van der Waals surface area contributed by atoms with E-state index in [-0.39, 0.29) is 17.2 Å². The Kier molecular flexibility index (Phi) is 6.97. The van der Waals surface area contributed by atoms with Crippen molar-refractivity contribution in [3.05, 3.63) is 60.7 Å². The molecule has 0 N–H and O–H groups in total. The first-order valence-electron chi connectivity index (χ1n) is 10.7. The molecule has 1 fully saturated rings. The van der Waals surface area contributed by atoms with Crippen LogP contribution in [0.3, 0.4) is 0 Å². The molecule has 0 bridgehead atoms. The highest BCUT2D eigenvalue weighted by Gasteiger charge is 2.51. The molecule has 4 nitrogen and oxygen atoms in total. The van der Waals surface area contributed by atoms with Crippen LogP contribution < -0.4 is 10.4 Å². The average molecular weight is 427 g/mol. The topological polar surface area (TPSA) is 44.8 Å². The zero-order valence-corrected chi connectivity index (χ0v) is 19.8. The Morgan fingerprint density at radius 3 is 2.00 bits per heavy atom. The van der Waals surface area contributed by atoms with Crippen molar-refractivity contribution in [2.24, 2.45) is 0 Å². The van der Waals surface area contributed by atoms with Gasteiger partial charge < -0.3 is 18.7 Å². The molecule has 1 aliphatic heterocycles. The fourth-order valence-electron chi connectivity index (χ4n) is 4.41. The number of hydrogen-bond acceptors (Lipinski definition) is 4. The van der Waals surface area contributed by atoms with Crippen LogP contribution in [0.4, 0.5) is 0 Å². The van der Waals surface area contributed by atoms with E-state index in [0.29, 0.717) is 19.4 Å². The SMILES string of the molecule is CC1(C)OC[C@@H](C[C@H](CC=O)O[Si](c2ccccc2)(c2ccccc2)C(C)(C)C)O1. The number of carbonyl (C=O) groups excluding carboxylic acids is 1. The molecule has 1 aliphatic rings. The van der Waals surface area contributed by atoms with Crippen LogP contribution in [0.5, 0.6) is 0 Å². The summed E-state index contributed by atoms with van der Waals surface area (Å²) < 4.78 is 18.9. The predicted octanol–water partition coefficient (Wildman–Crippen LogP) is 4.06. The van der Waals surface area contributed by atoms with E-state index in [2.05, 4.69) is 69.3 Å². The second kappa shape index (κ2) is 9.14. The maximum absolute atomic E-state index is 11.6. The van der Waals surface area contributed by atoms with E-state index in [9.17, 15) is 4.79 Å². The Balaban J connectivity index is 2.03. The Morgan fingerprint density at radius 2 is 1.60 bits per heavy atom. The summed E-state index contributed by atoms with van der Waals surface area (Å²) in [5.41, 5.74) is 0. The molecule has 1 heterocycles. The molecule has 2 aromatic carbocycles. The lowest BCUT2D eigenvalue weighted by atomic mass is 10.1. The van der Waals surface area contributed by atoms with Gasteiger partial charge in [-0.25, -0.2) is 0 Å². The van der Waals surface area contributed by atoms with Crippen LogP contribution in [-0.2, 0) is 18.7 Å². The van der Waals surface area contributed by atoms with E-state index < -0.39 is 14.1 Å². The van der Waals surface area contributed by atoms with Gasteiger partial charge in [0.2, 0.25) is 0 Å². The van der Waals surface area contributed by atoms with Gasteiger partial charge in [-0.3, -0.25) is 0 Å². The molecule has 0 aromatic heterocycles. The van der Waals surface area contributed by atoms with Gasteiger partial charge in [-0.2, -0.15) is 0 Å². The highest BCUT2D eigenvalue weighted by atomic mass is 28.4. The van der Waals surface area contributed by atoms with Gasteiger partial charge in [0.1, 0.15) is 6.29 Å². The van der Waals surface area contributed by atoms with Crippen molar-refractivity contribution < 1.29 is 18.7 Å². The summed E-state index contributed by atoms with van der Waals surface area (Å²) >= 11 is 0. The maximum atomic E-state index is 11.6. The van der Waals surface area contributed by atoms with Crippen LogP contribution in [0.25, 0.3) is 0 Å². The molecule has 0 spiro atoms. The first-order valence-corrected chi connectivity index (χ1v) is 12.6. The van der Waals surface area contributed by atoms with Crippen molar-refractivity contribution in [2.75, 3.05) is 6.61 Å². The second-order valence-electron chi connectivity index (χ2n) is 9.49. The van der Waals surface area contributed by atoms with Crippen molar-refractivity contribution in [2.45, 2.75) is 70.5 Å². The van der Waals surface area contributed by atoms with E-state index in [4.69, 9.17) is 13.9 Å². The van der Waals surface area contributed by atoms with Crippen molar-refractivity contribution in [3.63, 3.8) is 0 Å². The third-order valence-electron chi connectivity index (χ3n) is 5.71. The van der Waals surface area contributed by atoms with Crippen molar-refractivity contribution >= 4 is 25.0 Å². The number of benzene rings is 2. The minimum absolute atomic E-state index is 0.0804. The molecule has 0 aliphatic carbocycles. The van der Waals surface area contributed by atoms with E-state index in [1.807, 2.05) is 26.0 Å². The van der Waals surface area contributed by atoms with Gasteiger partial charge in [0.05, 0.1) is 18.8 Å². The average Bonchev–Trinajstić information content (AvgIpc) is 3.05. The minimum Gasteiger partial charge on any atom is -0.404 e. The highest BCUT2D eigenvalue weighted by Crippen LogP contribution is 2.38. The molecule has 162 valence electrons. The predicted molar refractivity (Wildman–Crippen MR) is 123 cm³/mol. The Labute approximate surface area is 181 Å². The van der Waals surface area contributed by atoms with Gasteiger partial charge in [0.15, 0.2) is 5.79 Å². The number of ether oxygens (including phenoxy) is 2. The van der Waals surface area contributed by atoms with E-state index in [1.165, 1.54) is 10.4 Å². The first kappa shape index (κ1) is 22.9. The van der Waals surface area contributed by atoms with Crippen LogP contribution in [0.15, 0.2) is 60.7 Å². The van der Waals surface area contributed by atoms with Crippen molar-refractivity contribution in [1.82, 2.24) is 0 Å². The monoisotopic (exact) mass is 426 g/mol. The molecule has 1 saturated heterocycles. The van der Waals surface area contributed by atoms with Gasteiger partial charge >= 0.3 is 0 Å².